The van der Waals surface area contributed by atoms with Gasteiger partial charge in [0.15, 0.2) is 0 Å². The second-order valence-electron chi connectivity index (χ2n) is 6.86. The molecule has 1 aromatic heterocycles. The highest BCUT2D eigenvalue weighted by atomic mass is 32.1. The summed E-state index contributed by atoms with van der Waals surface area (Å²) in [5.74, 6) is 0.546. The van der Waals surface area contributed by atoms with Gasteiger partial charge in [-0.3, -0.25) is 4.90 Å². The fourth-order valence-corrected chi connectivity index (χ4v) is 3.98. The fraction of sp³-hybridized carbons (Fsp3) is 0.526. The maximum atomic E-state index is 9.97. The molecule has 1 aromatic carbocycles. The third-order valence-corrected chi connectivity index (χ3v) is 5.50. The highest BCUT2D eigenvalue weighted by Crippen LogP contribution is 2.26. The molecular formula is C19H26N2O2S. The lowest BCUT2D eigenvalue weighted by Gasteiger charge is -2.34. The van der Waals surface area contributed by atoms with Crippen LogP contribution in [0.2, 0.25) is 0 Å². The van der Waals surface area contributed by atoms with E-state index in [9.17, 15) is 5.11 Å². The van der Waals surface area contributed by atoms with E-state index in [2.05, 4.69) is 48.4 Å². The number of likely N-dealkylation sites (tertiary alicyclic amines) is 1. The molecule has 1 saturated heterocycles. The lowest BCUT2D eigenvalue weighted by Crippen LogP contribution is -2.45. The van der Waals surface area contributed by atoms with Crippen molar-refractivity contribution in [1.29, 1.82) is 0 Å². The Hall–Kier alpha value is -1.27. The normalized spacial score (nSPS) is 22.2. The number of aromatic nitrogens is 1. The van der Waals surface area contributed by atoms with Gasteiger partial charge in [0.05, 0.1) is 17.9 Å². The standard InChI is InChI=1S/C19H26N2O2S/c1-13(2)14-4-6-15(7-5-14)19-20-16(12-24-19)9-21-10-17(22)8-18(11-21)23-3/h4-7,12-13,17-18,22H,8-11H2,1-3H3. The number of hydrogen-bond donors (Lipinski definition) is 1. The molecule has 24 heavy (non-hydrogen) atoms. The van der Waals surface area contributed by atoms with Crippen molar-refractivity contribution < 1.29 is 9.84 Å². The van der Waals surface area contributed by atoms with Crippen molar-refractivity contribution in [3.63, 3.8) is 0 Å². The quantitative estimate of drug-likeness (QED) is 0.900. The number of methoxy groups -OCH3 is 1. The summed E-state index contributed by atoms with van der Waals surface area (Å²) < 4.78 is 5.41. The van der Waals surface area contributed by atoms with Gasteiger partial charge in [0, 0.05) is 44.1 Å². The van der Waals surface area contributed by atoms with Crippen LogP contribution in [0, 0.1) is 0 Å². The van der Waals surface area contributed by atoms with Gasteiger partial charge in [-0.25, -0.2) is 4.98 Å². The summed E-state index contributed by atoms with van der Waals surface area (Å²) in [6, 6.07) is 8.68. The van der Waals surface area contributed by atoms with Crippen LogP contribution in [0.1, 0.15) is 37.4 Å². The lowest BCUT2D eigenvalue weighted by molar-refractivity contribution is -0.0318. The molecule has 4 nitrogen and oxygen atoms in total. The molecule has 0 radical (unpaired) electrons. The molecule has 0 saturated carbocycles. The van der Waals surface area contributed by atoms with E-state index >= 15 is 0 Å². The minimum atomic E-state index is -0.314. The molecule has 1 fully saturated rings. The second kappa shape index (κ2) is 7.74. The van der Waals surface area contributed by atoms with E-state index in [1.54, 1.807) is 18.4 Å². The van der Waals surface area contributed by atoms with E-state index in [0.717, 1.165) is 30.2 Å². The number of rotatable bonds is 5. The Bertz CT molecular complexity index is 654. The van der Waals surface area contributed by atoms with Crippen molar-refractivity contribution in [2.45, 2.75) is 44.9 Å². The average Bonchev–Trinajstić information content (AvgIpc) is 3.02. The Morgan fingerprint density at radius 3 is 2.71 bits per heavy atom. The Morgan fingerprint density at radius 1 is 1.29 bits per heavy atom. The molecule has 0 bridgehead atoms. The number of ether oxygens (including phenoxy) is 1. The SMILES string of the molecule is COC1CC(O)CN(Cc2csc(-c3ccc(C(C)C)cc3)n2)C1. The third-order valence-electron chi connectivity index (χ3n) is 4.56. The molecule has 0 spiro atoms. The zero-order chi connectivity index (χ0) is 17.1. The number of β-amino-alcohol motifs (C(OH)–C–C–N with tert-alkyl or cyclic N) is 1. The summed E-state index contributed by atoms with van der Waals surface area (Å²) in [4.78, 5) is 7.00. The maximum absolute atomic E-state index is 9.97. The van der Waals surface area contributed by atoms with Gasteiger partial charge in [0.25, 0.3) is 0 Å². The molecule has 5 heteroatoms. The van der Waals surface area contributed by atoms with Crippen LogP contribution in [0.15, 0.2) is 29.6 Å². The van der Waals surface area contributed by atoms with Crippen molar-refractivity contribution in [3.8, 4) is 10.6 Å². The minimum Gasteiger partial charge on any atom is -0.392 e. The number of hydrogen-bond acceptors (Lipinski definition) is 5. The molecule has 2 aromatic rings. The van der Waals surface area contributed by atoms with Crippen LogP contribution in [-0.4, -0.2) is 47.4 Å². The summed E-state index contributed by atoms with van der Waals surface area (Å²) in [7, 11) is 1.71. The first kappa shape index (κ1) is 17.5. The molecule has 2 atom stereocenters. The smallest absolute Gasteiger partial charge is 0.123 e. The van der Waals surface area contributed by atoms with E-state index in [1.807, 2.05) is 0 Å². The maximum Gasteiger partial charge on any atom is 0.123 e. The van der Waals surface area contributed by atoms with Crippen LogP contribution in [0.25, 0.3) is 10.6 Å². The first-order valence-electron chi connectivity index (χ1n) is 8.53. The van der Waals surface area contributed by atoms with Gasteiger partial charge in [-0.1, -0.05) is 38.1 Å². The summed E-state index contributed by atoms with van der Waals surface area (Å²) in [6.45, 7) is 6.71. The van der Waals surface area contributed by atoms with Gasteiger partial charge in [-0.15, -0.1) is 11.3 Å². The molecule has 2 unspecified atom stereocenters. The second-order valence-corrected chi connectivity index (χ2v) is 7.72. The van der Waals surface area contributed by atoms with Gasteiger partial charge in [0.1, 0.15) is 5.01 Å². The van der Waals surface area contributed by atoms with Crippen LogP contribution in [0.4, 0.5) is 0 Å². The molecule has 130 valence electrons. The van der Waals surface area contributed by atoms with Crippen molar-refractivity contribution >= 4 is 11.3 Å². The summed E-state index contributed by atoms with van der Waals surface area (Å²) in [5.41, 5.74) is 3.58. The van der Waals surface area contributed by atoms with E-state index < -0.39 is 0 Å². The molecule has 1 aliphatic rings. The Labute approximate surface area is 148 Å². The van der Waals surface area contributed by atoms with Crippen molar-refractivity contribution in [2.75, 3.05) is 20.2 Å². The predicted molar refractivity (Wildman–Crippen MR) is 98.3 cm³/mol. The number of piperidine rings is 1. The van der Waals surface area contributed by atoms with E-state index in [1.165, 1.54) is 11.1 Å². The van der Waals surface area contributed by atoms with Crippen LogP contribution in [0.3, 0.4) is 0 Å². The number of aliphatic hydroxyl groups is 1. The first-order chi connectivity index (χ1) is 11.5. The van der Waals surface area contributed by atoms with Crippen LogP contribution < -0.4 is 0 Å². The van der Waals surface area contributed by atoms with Gasteiger partial charge in [-0.05, 0) is 11.5 Å². The van der Waals surface area contributed by atoms with Gasteiger partial charge in [0.2, 0.25) is 0 Å². The van der Waals surface area contributed by atoms with E-state index in [4.69, 9.17) is 9.72 Å². The Balaban J connectivity index is 1.67. The van der Waals surface area contributed by atoms with Crippen molar-refractivity contribution in [2.24, 2.45) is 0 Å². The topological polar surface area (TPSA) is 45.6 Å². The Kier molecular flexibility index (Phi) is 5.66. The van der Waals surface area contributed by atoms with Gasteiger partial charge >= 0.3 is 0 Å². The number of nitrogens with zero attached hydrogens (tertiary/aromatic N) is 2. The molecule has 1 aliphatic heterocycles. The van der Waals surface area contributed by atoms with Crippen molar-refractivity contribution in [3.05, 3.63) is 40.9 Å². The largest absolute Gasteiger partial charge is 0.392 e. The van der Waals surface area contributed by atoms with Crippen LogP contribution >= 0.6 is 11.3 Å². The zero-order valence-electron chi connectivity index (χ0n) is 14.6. The average molecular weight is 346 g/mol. The number of aliphatic hydroxyl groups excluding tert-OH is 1. The molecule has 2 heterocycles. The van der Waals surface area contributed by atoms with Gasteiger partial charge < -0.3 is 9.84 Å². The molecule has 3 rings (SSSR count). The highest BCUT2D eigenvalue weighted by molar-refractivity contribution is 7.13. The van der Waals surface area contributed by atoms with Crippen molar-refractivity contribution in [1.82, 2.24) is 9.88 Å². The summed E-state index contributed by atoms with van der Waals surface area (Å²) in [6.07, 6.45) is 0.512. The third kappa shape index (κ3) is 4.22. The molecule has 0 aliphatic carbocycles. The fourth-order valence-electron chi connectivity index (χ4n) is 3.16. The monoisotopic (exact) mass is 346 g/mol. The predicted octanol–water partition coefficient (Wildman–Crippen LogP) is 3.52. The molecule has 1 N–H and O–H groups in total. The molecular weight excluding hydrogens is 320 g/mol. The minimum absolute atomic E-state index is 0.107. The molecule has 0 amide bonds. The number of thiazole rings is 1. The lowest BCUT2D eigenvalue weighted by atomic mass is 10.0. The zero-order valence-corrected chi connectivity index (χ0v) is 15.4. The first-order valence-corrected chi connectivity index (χ1v) is 9.41. The number of benzene rings is 1. The highest BCUT2D eigenvalue weighted by Gasteiger charge is 2.26. The van der Waals surface area contributed by atoms with Crippen LogP contribution in [0.5, 0.6) is 0 Å². The Morgan fingerprint density at radius 2 is 2.04 bits per heavy atom. The van der Waals surface area contributed by atoms with E-state index in [0.29, 0.717) is 12.5 Å². The van der Waals surface area contributed by atoms with Gasteiger partial charge in [-0.2, -0.15) is 0 Å². The van der Waals surface area contributed by atoms with E-state index in [-0.39, 0.29) is 12.2 Å². The summed E-state index contributed by atoms with van der Waals surface area (Å²) >= 11 is 1.68. The summed E-state index contributed by atoms with van der Waals surface area (Å²) in [5, 5.41) is 13.1. The van der Waals surface area contributed by atoms with Crippen LogP contribution in [-0.2, 0) is 11.3 Å².